The lowest BCUT2D eigenvalue weighted by Gasteiger charge is -2.35. The molecule has 1 nitrogen and oxygen atoms in total. The van der Waals surface area contributed by atoms with Gasteiger partial charge in [0, 0.05) is 12.1 Å². The van der Waals surface area contributed by atoms with E-state index >= 15 is 0 Å². The molecule has 0 radical (unpaired) electrons. The third-order valence-electron chi connectivity index (χ3n) is 4.00. The average molecular weight is 289 g/mol. The first-order valence-electron chi connectivity index (χ1n) is 6.96. The van der Waals surface area contributed by atoms with Crippen molar-refractivity contribution in [1.82, 2.24) is 5.32 Å². The topological polar surface area (TPSA) is 12.0 Å². The molecule has 0 bridgehead atoms. The summed E-state index contributed by atoms with van der Waals surface area (Å²) in [5.41, 5.74) is 0.677. The van der Waals surface area contributed by atoms with E-state index in [0.717, 1.165) is 6.42 Å². The van der Waals surface area contributed by atoms with Crippen molar-refractivity contribution in [2.75, 3.05) is 0 Å². The van der Waals surface area contributed by atoms with Gasteiger partial charge < -0.3 is 5.32 Å². The summed E-state index contributed by atoms with van der Waals surface area (Å²) in [5.74, 6) is -1.67. The van der Waals surface area contributed by atoms with E-state index in [1.54, 1.807) is 19.1 Å². The van der Waals surface area contributed by atoms with Crippen molar-refractivity contribution in [1.29, 1.82) is 0 Å². The van der Waals surface area contributed by atoms with Gasteiger partial charge >= 0.3 is 6.18 Å². The molecule has 1 N–H and O–H groups in total. The molecule has 0 amide bonds. The second-order valence-corrected chi connectivity index (χ2v) is 5.48. The van der Waals surface area contributed by atoms with Gasteiger partial charge in [-0.3, -0.25) is 0 Å². The predicted molar refractivity (Wildman–Crippen MR) is 69.8 cm³/mol. The number of halogens is 4. The minimum absolute atomic E-state index is 0.178. The van der Waals surface area contributed by atoms with Gasteiger partial charge in [0.15, 0.2) is 0 Å². The quantitative estimate of drug-likeness (QED) is 0.802. The van der Waals surface area contributed by atoms with Gasteiger partial charge in [-0.25, -0.2) is 4.39 Å². The maximum Gasteiger partial charge on any atom is 0.393 e. The number of rotatable bonds is 3. The molecule has 0 saturated heterocycles. The zero-order valence-corrected chi connectivity index (χ0v) is 11.4. The largest absolute Gasteiger partial charge is 0.393 e. The molecular formula is C15H19F4N. The third-order valence-corrected chi connectivity index (χ3v) is 4.00. The SMILES string of the molecule is C[C@@H](NC1CCCCC1C(F)(F)F)c1cccc(F)c1. The van der Waals surface area contributed by atoms with E-state index in [0.29, 0.717) is 18.4 Å². The third kappa shape index (κ3) is 3.72. The maximum absolute atomic E-state index is 13.2. The van der Waals surface area contributed by atoms with E-state index in [4.69, 9.17) is 0 Å². The molecule has 0 aromatic heterocycles. The number of hydrogen-bond acceptors (Lipinski definition) is 1. The normalized spacial score (nSPS) is 25.4. The van der Waals surface area contributed by atoms with Gasteiger partial charge in [-0.1, -0.05) is 25.0 Å². The summed E-state index contributed by atoms with van der Waals surface area (Å²) >= 11 is 0. The fraction of sp³-hybridized carbons (Fsp3) is 0.600. The summed E-state index contributed by atoms with van der Waals surface area (Å²) in [6, 6.07) is 5.12. The standard InChI is InChI=1S/C15H19F4N/c1-10(11-5-4-6-12(16)9-11)20-14-8-3-2-7-13(14)15(17,18)19/h4-6,9-10,13-14,20H,2-3,7-8H2,1H3/t10-,13?,14?/m1/s1. The summed E-state index contributed by atoms with van der Waals surface area (Å²) in [6.45, 7) is 1.77. The van der Waals surface area contributed by atoms with E-state index < -0.39 is 18.1 Å². The number of hydrogen-bond donors (Lipinski definition) is 1. The zero-order valence-electron chi connectivity index (χ0n) is 11.4. The molecule has 1 aliphatic rings. The zero-order chi connectivity index (χ0) is 14.8. The predicted octanol–water partition coefficient (Wildman–Crippen LogP) is 4.60. The van der Waals surface area contributed by atoms with Gasteiger partial charge in [0.2, 0.25) is 0 Å². The van der Waals surface area contributed by atoms with Crippen LogP contribution < -0.4 is 5.32 Å². The van der Waals surface area contributed by atoms with E-state index in [1.807, 2.05) is 0 Å². The molecule has 1 aromatic rings. The molecule has 1 fully saturated rings. The van der Waals surface area contributed by atoms with Gasteiger partial charge in [-0.05, 0) is 37.5 Å². The highest BCUT2D eigenvalue weighted by Gasteiger charge is 2.45. The van der Waals surface area contributed by atoms with Crippen LogP contribution in [0.15, 0.2) is 24.3 Å². The van der Waals surface area contributed by atoms with Gasteiger partial charge in [-0.2, -0.15) is 13.2 Å². The number of benzene rings is 1. The first-order valence-corrected chi connectivity index (χ1v) is 6.96. The Bertz CT molecular complexity index is 444. The smallest absolute Gasteiger partial charge is 0.307 e. The first kappa shape index (κ1) is 15.3. The fourth-order valence-electron chi connectivity index (χ4n) is 2.92. The molecule has 0 spiro atoms. The molecule has 20 heavy (non-hydrogen) atoms. The molecular weight excluding hydrogens is 270 g/mol. The molecule has 0 heterocycles. The Morgan fingerprint density at radius 2 is 1.90 bits per heavy atom. The summed E-state index contributed by atoms with van der Waals surface area (Å²) in [6.07, 6.45) is -2.04. The Kier molecular flexibility index (Phi) is 4.68. The highest BCUT2D eigenvalue weighted by Crippen LogP contribution is 2.38. The van der Waals surface area contributed by atoms with E-state index in [1.165, 1.54) is 12.1 Å². The van der Waals surface area contributed by atoms with Crippen LogP contribution in [-0.4, -0.2) is 12.2 Å². The summed E-state index contributed by atoms with van der Waals surface area (Å²) in [5, 5.41) is 3.03. The minimum atomic E-state index is -4.17. The van der Waals surface area contributed by atoms with Crippen LogP contribution in [0.4, 0.5) is 17.6 Å². The highest BCUT2D eigenvalue weighted by atomic mass is 19.4. The van der Waals surface area contributed by atoms with Crippen molar-refractivity contribution >= 4 is 0 Å². The van der Waals surface area contributed by atoms with Gasteiger partial charge in [0.05, 0.1) is 5.92 Å². The van der Waals surface area contributed by atoms with Gasteiger partial charge in [0.25, 0.3) is 0 Å². The molecule has 1 aliphatic carbocycles. The monoisotopic (exact) mass is 289 g/mol. The fourth-order valence-corrected chi connectivity index (χ4v) is 2.92. The lowest BCUT2D eigenvalue weighted by Crippen LogP contribution is -2.46. The first-order chi connectivity index (χ1) is 9.38. The van der Waals surface area contributed by atoms with Crippen molar-refractivity contribution in [2.45, 2.75) is 50.9 Å². The van der Waals surface area contributed by atoms with Crippen LogP contribution in [0.1, 0.15) is 44.2 Å². The average Bonchev–Trinajstić information content (AvgIpc) is 2.38. The number of nitrogens with one attached hydrogen (secondary N) is 1. The molecule has 1 aromatic carbocycles. The van der Waals surface area contributed by atoms with Crippen LogP contribution in [-0.2, 0) is 0 Å². The van der Waals surface area contributed by atoms with Crippen molar-refractivity contribution in [2.24, 2.45) is 5.92 Å². The Morgan fingerprint density at radius 1 is 1.20 bits per heavy atom. The van der Waals surface area contributed by atoms with E-state index in [2.05, 4.69) is 5.32 Å². The van der Waals surface area contributed by atoms with Crippen molar-refractivity contribution in [3.63, 3.8) is 0 Å². The van der Waals surface area contributed by atoms with Crippen LogP contribution in [0, 0.1) is 11.7 Å². The molecule has 0 aliphatic heterocycles. The number of alkyl halides is 3. The molecule has 2 rings (SSSR count). The van der Waals surface area contributed by atoms with Crippen LogP contribution >= 0.6 is 0 Å². The molecule has 2 unspecified atom stereocenters. The van der Waals surface area contributed by atoms with Crippen LogP contribution in [0.3, 0.4) is 0 Å². The van der Waals surface area contributed by atoms with Crippen molar-refractivity contribution < 1.29 is 17.6 Å². The summed E-state index contributed by atoms with van der Waals surface area (Å²) < 4.78 is 52.2. The van der Waals surface area contributed by atoms with E-state index in [-0.39, 0.29) is 18.3 Å². The van der Waals surface area contributed by atoms with Crippen molar-refractivity contribution in [3.05, 3.63) is 35.6 Å². The maximum atomic E-state index is 13.2. The highest BCUT2D eigenvalue weighted by molar-refractivity contribution is 5.19. The van der Waals surface area contributed by atoms with Crippen LogP contribution in [0.2, 0.25) is 0 Å². The Morgan fingerprint density at radius 3 is 2.55 bits per heavy atom. The Hall–Kier alpha value is -1.10. The second-order valence-electron chi connectivity index (χ2n) is 5.48. The molecule has 112 valence electrons. The summed E-state index contributed by atoms with van der Waals surface area (Å²) in [4.78, 5) is 0. The van der Waals surface area contributed by atoms with Crippen LogP contribution in [0.25, 0.3) is 0 Å². The molecule has 1 saturated carbocycles. The van der Waals surface area contributed by atoms with E-state index in [9.17, 15) is 17.6 Å². The van der Waals surface area contributed by atoms with Gasteiger partial charge in [0.1, 0.15) is 5.82 Å². The second kappa shape index (κ2) is 6.12. The summed E-state index contributed by atoms with van der Waals surface area (Å²) in [7, 11) is 0. The lowest BCUT2D eigenvalue weighted by atomic mass is 9.83. The Labute approximate surface area is 116 Å². The van der Waals surface area contributed by atoms with Gasteiger partial charge in [-0.15, -0.1) is 0 Å². The van der Waals surface area contributed by atoms with Crippen molar-refractivity contribution in [3.8, 4) is 0 Å². The molecule has 3 atom stereocenters. The minimum Gasteiger partial charge on any atom is -0.307 e. The molecule has 5 heteroatoms. The Balaban J connectivity index is 2.07. The lowest BCUT2D eigenvalue weighted by molar-refractivity contribution is -0.189. The van der Waals surface area contributed by atoms with Crippen LogP contribution in [0.5, 0.6) is 0 Å².